The Bertz CT molecular complexity index is 501. The first-order valence-corrected chi connectivity index (χ1v) is 4.74. The molecular weight excluding hydrogens is 172 g/mol. The second kappa shape index (κ2) is 3.19. The van der Waals surface area contributed by atoms with Gasteiger partial charge < -0.3 is 4.98 Å². The fraction of sp³-hybridized carbons (Fsp3) is 0.250. The molecule has 0 aliphatic carbocycles. The summed E-state index contributed by atoms with van der Waals surface area (Å²) in [5, 5.41) is 10.2. The Morgan fingerprint density at radius 3 is 2.64 bits per heavy atom. The first-order chi connectivity index (χ1) is 6.74. The third kappa shape index (κ3) is 1.18. The van der Waals surface area contributed by atoms with Gasteiger partial charge in [0.25, 0.3) is 0 Å². The number of para-hydroxylation sites is 1. The van der Waals surface area contributed by atoms with Gasteiger partial charge >= 0.3 is 0 Å². The molecule has 0 saturated carbocycles. The van der Waals surface area contributed by atoms with Gasteiger partial charge in [0.05, 0.1) is 0 Å². The predicted octanol–water partition coefficient (Wildman–Crippen LogP) is 3.16. The topological polar surface area (TPSA) is 39.6 Å². The highest BCUT2D eigenvalue weighted by Gasteiger charge is 2.13. The summed E-state index contributed by atoms with van der Waals surface area (Å²) in [6, 6.07) is 10.2. The van der Waals surface area contributed by atoms with Gasteiger partial charge in [-0.1, -0.05) is 32.0 Å². The second-order valence-corrected chi connectivity index (χ2v) is 3.73. The van der Waals surface area contributed by atoms with Crippen molar-refractivity contribution < 1.29 is 0 Å². The van der Waals surface area contributed by atoms with Crippen molar-refractivity contribution in [2.75, 3.05) is 0 Å². The lowest BCUT2D eigenvalue weighted by Gasteiger charge is -2.02. The van der Waals surface area contributed by atoms with Gasteiger partial charge in [0, 0.05) is 10.9 Å². The van der Waals surface area contributed by atoms with Crippen LogP contribution in [0.1, 0.15) is 31.0 Å². The van der Waals surface area contributed by atoms with Crippen LogP contribution in [0.15, 0.2) is 24.3 Å². The molecule has 1 aromatic carbocycles. The van der Waals surface area contributed by atoms with E-state index in [-0.39, 0.29) is 0 Å². The summed E-state index contributed by atoms with van der Waals surface area (Å²) in [5.41, 5.74) is 2.87. The summed E-state index contributed by atoms with van der Waals surface area (Å²) in [6.07, 6.45) is 0. The smallest absolute Gasteiger partial charge is 0.122 e. The van der Waals surface area contributed by atoms with Crippen molar-refractivity contribution in [3.63, 3.8) is 0 Å². The van der Waals surface area contributed by atoms with Crippen LogP contribution in [0.5, 0.6) is 0 Å². The molecule has 2 heteroatoms. The Kier molecular flexibility index (Phi) is 2.01. The molecule has 0 fully saturated rings. The first kappa shape index (κ1) is 8.83. The summed E-state index contributed by atoms with van der Waals surface area (Å²) in [6.45, 7) is 4.22. The zero-order chi connectivity index (χ0) is 10.1. The molecule has 2 aromatic rings. The standard InChI is InChI=1S/C12H12N2/c1-8(2)12-9-5-3-4-6-10(9)14-11(12)7-13/h3-6,8,14H,1-2H3. The summed E-state index contributed by atoms with van der Waals surface area (Å²) in [5.74, 6) is 0.376. The van der Waals surface area contributed by atoms with Crippen LogP contribution in [-0.4, -0.2) is 4.98 Å². The van der Waals surface area contributed by atoms with Crippen LogP contribution in [0.2, 0.25) is 0 Å². The van der Waals surface area contributed by atoms with Crippen molar-refractivity contribution in [3.05, 3.63) is 35.5 Å². The van der Waals surface area contributed by atoms with Crippen molar-refractivity contribution >= 4 is 10.9 Å². The number of nitrogens with zero attached hydrogens (tertiary/aromatic N) is 1. The third-order valence-corrected chi connectivity index (χ3v) is 2.44. The molecule has 2 nitrogen and oxygen atoms in total. The molecule has 2 rings (SSSR count). The number of aromatic nitrogens is 1. The predicted molar refractivity (Wildman–Crippen MR) is 57.1 cm³/mol. The van der Waals surface area contributed by atoms with Crippen molar-refractivity contribution in [1.29, 1.82) is 5.26 Å². The van der Waals surface area contributed by atoms with E-state index < -0.39 is 0 Å². The first-order valence-electron chi connectivity index (χ1n) is 4.74. The van der Waals surface area contributed by atoms with Gasteiger partial charge in [-0.3, -0.25) is 0 Å². The molecule has 0 aliphatic heterocycles. The highest BCUT2D eigenvalue weighted by molar-refractivity contribution is 5.86. The van der Waals surface area contributed by atoms with E-state index in [1.165, 1.54) is 5.39 Å². The van der Waals surface area contributed by atoms with E-state index in [1.54, 1.807) is 0 Å². The van der Waals surface area contributed by atoms with Crippen LogP contribution in [0.25, 0.3) is 10.9 Å². The van der Waals surface area contributed by atoms with Crippen molar-refractivity contribution in [2.24, 2.45) is 0 Å². The van der Waals surface area contributed by atoms with E-state index in [9.17, 15) is 0 Å². The number of hydrogen-bond acceptors (Lipinski definition) is 1. The quantitative estimate of drug-likeness (QED) is 0.726. The molecular formula is C12H12N2. The largest absolute Gasteiger partial charge is 0.346 e. The molecule has 1 N–H and O–H groups in total. The molecule has 0 unspecified atom stereocenters. The SMILES string of the molecule is CC(C)c1c(C#N)[nH]c2ccccc12. The number of nitriles is 1. The Morgan fingerprint density at radius 2 is 2.00 bits per heavy atom. The molecule has 1 aromatic heterocycles. The molecule has 0 radical (unpaired) electrons. The number of fused-ring (bicyclic) bond motifs is 1. The molecule has 1 heterocycles. The minimum Gasteiger partial charge on any atom is -0.346 e. The molecule has 0 spiro atoms. The monoisotopic (exact) mass is 184 g/mol. The Morgan fingerprint density at radius 1 is 1.29 bits per heavy atom. The number of aromatic amines is 1. The van der Waals surface area contributed by atoms with Gasteiger partial charge in [0.1, 0.15) is 11.8 Å². The van der Waals surface area contributed by atoms with Crippen LogP contribution < -0.4 is 0 Å². The average Bonchev–Trinajstić information content (AvgIpc) is 2.55. The normalized spacial score (nSPS) is 10.7. The number of hydrogen-bond donors (Lipinski definition) is 1. The number of rotatable bonds is 1. The van der Waals surface area contributed by atoms with Gasteiger partial charge in [0.15, 0.2) is 0 Å². The number of H-pyrrole nitrogens is 1. The van der Waals surface area contributed by atoms with E-state index in [4.69, 9.17) is 5.26 Å². The van der Waals surface area contributed by atoms with Gasteiger partial charge in [-0.05, 0) is 17.5 Å². The number of nitrogens with one attached hydrogen (secondary N) is 1. The minimum absolute atomic E-state index is 0.376. The van der Waals surface area contributed by atoms with Gasteiger partial charge in [-0.2, -0.15) is 5.26 Å². The van der Waals surface area contributed by atoms with Crippen molar-refractivity contribution in [1.82, 2.24) is 4.98 Å². The van der Waals surface area contributed by atoms with Crippen LogP contribution in [0, 0.1) is 11.3 Å². The lowest BCUT2D eigenvalue weighted by atomic mass is 10.00. The van der Waals surface area contributed by atoms with E-state index in [2.05, 4.69) is 31.0 Å². The van der Waals surface area contributed by atoms with Crippen molar-refractivity contribution in [2.45, 2.75) is 19.8 Å². The summed E-state index contributed by atoms with van der Waals surface area (Å²) < 4.78 is 0. The number of benzene rings is 1. The molecule has 0 bridgehead atoms. The van der Waals surface area contributed by atoms with E-state index >= 15 is 0 Å². The molecule has 0 atom stereocenters. The zero-order valence-electron chi connectivity index (χ0n) is 8.33. The third-order valence-electron chi connectivity index (χ3n) is 2.44. The Labute approximate surface area is 83.2 Å². The molecule has 0 aliphatic rings. The van der Waals surface area contributed by atoms with Gasteiger partial charge in [-0.15, -0.1) is 0 Å². The van der Waals surface area contributed by atoms with E-state index in [1.807, 2.05) is 18.2 Å². The molecule has 70 valence electrons. The fourth-order valence-electron chi connectivity index (χ4n) is 1.85. The summed E-state index contributed by atoms with van der Waals surface area (Å²) >= 11 is 0. The second-order valence-electron chi connectivity index (χ2n) is 3.73. The van der Waals surface area contributed by atoms with Crippen LogP contribution in [0.4, 0.5) is 0 Å². The van der Waals surface area contributed by atoms with Gasteiger partial charge in [0.2, 0.25) is 0 Å². The average molecular weight is 184 g/mol. The van der Waals surface area contributed by atoms with E-state index in [0.29, 0.717) is 11.6 Å². The van der Waals surface area contributed by atoms with Crippen molar-refractivity contribution in [3.8, 4) is 6.07 Å². The fourth-order valence-corrected chi connectivity index (χ4v) is 1.85. The van der Waals surface area contributed by atoms with Crippen LogP contribution in [0.3, 0.4) is 0 Å². The highest BCUT2D eigenvalue weighted by Crippen LogP contribution is 2.28. The maximum Gasteiger partial charge on any atom is 0.122 e. The molecule has 0 saturated heterocycles. The Balaban J connectivity index is 2.83. The van der Waals surface area contributed by atoms with E-state index in [0.717, 1.165) is 11.1 Å². The zero-order valence-corrected chi connectivity index (χ0v) is 8.33. The lowest BCUT2D eigenvalue weighted by Crippen LogP contribution is -1.88. The molecule has 0 amide bonds. The Hall–Kier alpha value is -1.75. The maximum absolute atomic E-state index is 8.99. The minimum atomic E-state index is 0.376. The highest BCUT2D eigenvalue weighted by atomic mass is 14.7. The summed E-state index contributed by atoms with van der Waals surface area (Å²) in [4.78, 5) is 3.13. The van der Waals surface area contributed by atoms with Gasteiger partial charge in [-0.25, -0.2) is 0 Å². The molecule has 14 heavy (non-hydrogen) atoms. The lowest BCUT2D eigenvalue weighted by molar-refractivity contribution is 0.871. The maximum atomic E-state index is 8.99. The van der Waals surface area contributed by atoms with Crippen LogP contribution in [-0.2, 0) is 0 Å². The summed E-state index contributed by atoms with van der Waals surface area (Å²) in [7, 11) is 0. The van der Waals surface area contributed by atoms with Crippen LogP contribution >= 0.6 is 0 Å².